The normalized spacial score (nSPS) is 17.5. The van der Waals surface area contributed by atoms with Crippen LogP contribution in [0.4, 0.5) is 14.9 Å². The largest absolute Gasteiger partial charge is 0.497 e. The van der Waals surface area contributed by atoms with E-state index < -0.39 is 0 Å². The summed E-state index contributed by atoms with van der Waals surface area (Å²) < 4.78 is 18.9. The first-order valence-corrected chi connectivity index (χ1v) is 8.81. The number of halogens is 1. The highest BCUT2D eigenvalue weighted by molar-refractivity contribution is 5.89. The third kappa shape index (κ3) is 4.95. The van der Waals surface area contributed by atoms with Crippen LogP contribution in [-0.2, 0) is 6.54 Å². The highest BCUT2D eigenvalue weighted by Crippen LogP contribution is 2.17. The van der Waals surface area contributed by atoms with Crippen molar-refractivity contribution in [3.63, 3.8) is 0 Å². The van der Waals surface area contributed by atoms with E-state index in [0.29, 0.717) is 24.3 Å². The van der Waals surface area contributed by atoms with Crippen molar-refractivity contribution in [2.24, 2.45) is 0 Å². The van der Waals surface area contributed by atoms with Crippen molar-refractivity contribution in [2.45, 2.75) is 25.4 Å². The van der Waals surface area contributed by atoms with E-state index in [0.717, 1.165) is 25.1 Å². The Hall–Kier alpha value is -2.60. The molecule has 1 saturated heterocycles. The minimum Gasteiger partial charge on any atom is -0.497 e. The Bertz CT molecular complexity index is 736. The second-order valence-corrected chi connectivity index (χ2v) is 6.49. The van der Waals surface area contributed by atoms with Crippen LogP contribution in [0, 0.1) is 5.82 Å². The molecule has 2 aromatic rings. The van der Waals surface area contributed by atoms with E-state index in [1.165, 1.54) is 6.07 Å². The number of piperidine rings is 1. The van der Waals surface area contributed by atoms with Crippen LogP contribution in [0.3, 0.4) is 0 Å². The molecule has 0 spiro atoms. The number of hydrogen-bond acceptors (Lipinski definition) is 3. The van der Waals surface area contributed by atoms with Gasteiger partial charge in [-0.05, 0) is 49.7 Å². The minimum absolute atomic E-state index is 0.0498. The first kappa shape index (κ1) is 18.2. The van der Waals surface area contributed by atoms with Gasteiger partial charge < -0.3 is 15.4 Å². The molecule has 2 amide bonds. The molecule has 0 aliphatic carbocycles. The molecule has 1 heterocycles. The van der Waals surface area contributed by atoms with Crippen molar-refractivity contribution >= 4 is 11.7 Å². The third-order valence-corrected chi connectivity index (χ3v) is 4.54. The average molecular weight is 357 g/mol. The molecule has 1 aliphatic heterocycles. The van der Waals surface area contributed by atoms with Crippen LogP contribution in [0.25, 0.3) is 0 Å². The third-order valence-electron chi connectivity index (χ3n) is 4.54. The maximum absolute atomic E-state index is 13.8. The zero-order valence-corrected chi connectivity index (χ0v) is 14.9. The monoisotopic (exact) mass is 357 g/mol. The molecule has 26 heavy (non-hydrogen) atoms. The van der Waals surface area contributed by atoms with E-state index in [-0.39, 0.29) is 17.9 Å². The zero-order valence-electron chi connectivity index (χ0n) is 14.9. The number of amides is 2. The smallest absolute Gasteiger partial charge is 0.319 e. The number of methoxy groups -OCH3 is 1. The topological polar surface area (TPSA) is 53.6 Å². The predicted octanol–water partition coefficient (Wildman–Crippen LogP) is 3.62. The van der Waals surface area contributed by atoms with E-state index in [2.05, 4.69) is 15.5 Å². The number of urea groups is 1. The van der Waals surface area contributed by atoms with E-state index >= 15 is 0 Å². The lowest BCUT2D eigenvalue weighted by Gasteiger charge is -2.33. The number of likely N-dealkylation sites (tertiary alicyclic amines) is 1. The average Bonchev–Trinajstić information content (AvgIpc) is 2.64. The maximum Gasteiger partial charge on any atom is 0.319 e. The highest BCUT2D eigenvalue weighted by Gasteiger charge is 2.22. The fourth-order valence-corrected chi connectivity index (χ4v) is 3.21. The summed E-state index contributed by atoms with van der Waals surface area (Å²) >= 11 is 0. The molecule has 3 rings (SSSR count). The Labute approximate surface area is 153 Å². The van der Waals surface area contributed by atoms with Gasteiger partial charge in [-0.25, -0.2) is 9.18 Å². The molecule has 1 fully saturated rings. The predicted molar refractivity (Wildman–Crippen MR) is 99.8 cm³/mol. The van der Waals surface area contributed by atoms with Gasteiger partial charge in [-0.15, -0.1) is 0 Å². The van der Waals surface area contributed by atoms with Crippen molar-refractivity contribution in [1.82, 2.24) is 10.2 Å². The zero-order chi connectivity index (χ0) is 18.4. The first-order chi connectivity index (χ1) is 12.6. The Balaban J connectivity index is 1.51. The van der Waals surface area contributed by atoms with Crippen molar-refractivity contribution < 1.29 is 13.9 Å². The lowest BCUT2D eigenvalue weighted by atomic mass is 10.0. The summed E-state index contributed by atoms with van der Waals surface area (Å²) in [7, 11) is 1.60. The number of carbonyl (C=O) groups excluding carboxylic acids is 1. The molecule has 138 valence electrons. The van der Waals surface area contributed by atoms with E-state index in [4.69, 9.17) is 4.74 Å². The van der Waals surface area contributed by atoms with Gasteiger partial charge in [0.25, 0.3) is 0 Å². The van der Waals surface area contributed by atoms with Crippen molar-refractivity contribution in [2.75, 3.05) is 25.5 Å². The van der Waals surface area contributed by atoms with Crippen LogP contribution in [-0.4, -0.2) is 37.2 Å². The lowest BCUT2D eigenvalue weighted by molar-refractivity contribution is 0.182. The van der Waals surface area contributed by atoms with Crippen LogP contribution >= 0.6 is 0 Å². The summed E-state index contributed by atoms with van der Waals surface area (Å²) in [5.74, 6) is 0.562. The second-order valence-electron chi connectivity index (χ2n) is 6.49. The number of nitrogens with one attached hydrogen (secondary N) is 2. The molecule has 0 saturated carbocycles. The van der Waals surface area contributed by atoms with Gasteiger partial charge in [-0.3, -0.25) is 4.90 Å². The van der Waals surface area contributed by atoms with Gasteiger partial charge in [0.1, 0.15) is 11.6 Å². The fraction of sp³-hybridized carbons (Fsp3) is 0.350. The summed E-state index contributed by atoms with van der Waals surface area (Å²) in [5, 5.41) is 5.84. The first-order valence-electron chi connectivity index (χ1n) is 8.81. The molecule has 1 atom stereocenters. The molecule has 0 bridgehead atoms. The van der Waals surface area contributed by atoms with Crippen LogP contribution in [0.1, 0.15) is 18.4 Å². The van der Waals surface area contributed by atoms with Gasteiger partial charge in [0.05, 0.1) is 7.11 Å². The van der Waals surface area contributed by atoms with Gasteiger partial charge in [-0.1, -0.05) is 18.2 Å². The number of anilines is 1. The standard InChI is InChI=1S/C20H24FN3O2/c1-26-18-10-8-16(9-11-18)22-20(25)23-17-6-4-12-24(14-17)13-15-5-2-3-7-19(15)21/h2-3,5,7-11,17H,4,6,12-14H2,1H3,(H2,22,23,25). The van der Waals surface area contributed by atoms with Crippen LogP contribution < -0.4 is 15.4 Å². The minimum atomic E-state index is -0.229. The molecule has 5 nitrogen and oxygen atoms in total. The Morgan fingerprint density at radius 1 is 1.23 bits per heavy atom. The number of carbonyl (C=O) groups is 1. The highest BCUT2D eigenvalue weighted by atomic mass is 19.1. The van der Waals surface area contributed by atoms with Crippen LogP contribution in [0.5, 0.6) is 5.75 Å². The molecule has 6 heteroatoms. The molecule has 0 aromatic heterocycles. The summed E-state index contributed by atoms with van der Waals surface area (Å²) in [4.78, 5) is 14.4. The summed E-state index contributed by atoms with van der Waals surface area (Å²) in [6.45, 7) is 2.18. The molecule has 2 aromatic carbocycles. The molecule has 1 unspecified atom stereocenters. The van der Waals surface area contributed by atoms with Gasteiger partial charge in [0.15, 0.2) is 0 Å². The number of nitrogens with zero attached hydrogens (tertiary/aromatic N) is 1. The molecular weight excluding hydrogens is 333 g/mol. The second kappa shape index (κ2) is 8.67. The van der Waals surface area contributed by atoms with E-state index in [9.17, 15) is 9.18 Å². The number of rotatable bonds is 5. The van der Waals surface area contributed by atoms with Gasteiger partial charge in [-0.2, -0.15) is 0 Å². The van der Waals surface area contributed by atoms with Gasteiger partial charge in [0, 0.05) is 30.4 Å². The van der Waals surface area contributed by atoms with Crippen molar-refractivity contribution in [1.29, 1.82) is 0 Å². The number of hydrogen-bond donors (Lipinski definition) is 2. The van der Waals surface area contributed by atoms with E-state index in [1.807, 2.05) is 12.1 Å². The molecule has 1 aliphatic rings. The van der Waals surface area contributed by atoms with Crippen LogP contribution in [0.15, 0.2) is 48.5 Å². The Morgan fingerprint density at radius 3 is 2.73 bits per heavy atom. The summed E-state index contributed by atoms with van der Waals surface area (Å²) in [6, 6.07) is 13.8. The fourth-order valence-electron chi connectivity index (χ4n) is 3.21. The maximum atomic E-state index is 13.8. The molecular formula is C20H24FN3O2. The lowest BCUT2D eigenvalue weighted by Crippen LogP contribution is -2.48. The SMILES string of the molecule is COc1ccc(NC(=O)NC2CCCN(Cc3ccccc3F)C2)cc1. The van der Waals surface area contributed by atoms with Crippen molar-refractivity contribution in [3.8, 4) is 5.75 Å². The molecule has 0 radical (unpaired) electrons. The van der Waals surface area contributed by atoms with Gasteiger partial charge in [0.2, 0.25) is 0 Å². The number of benzene rings is 2. The Morgan fingerprint density at radius 2 is 2.00 bits per heavy atom. The quantitative estimate of drug-likeness (QED) is 0.859. The van der Waals surface area contributed by atoms with Crippen molar-refractivity contribution in [3.05, 3.63) is 59.9 Å². The van der Waals surface area contributed by atoms with Crippen LogP contribution in [0.2, 0.25) is 0 Å². The molecule has 2 N–H and O–H groups in total. The Kier molecular flexibility index (Phi) is 6.07. The summed E-state index contributed by atoms with van der Waals surface area (Å²) in [5.41, 5.74) is 1.40. The van der Waals surface area contributed by atoms with E-state index in [1.54, 1.807) is 37.4 Å². The summed E-state index contributed by atoms with van der Waals surface area (Å²) in [6.07, 6.45) is 1.89. The number of ether oxygens (including phenoxy) is 1. The van der Waals surface area contributed by atoms with Gasteiger partial charge >= 0.3 is 6.03 Å².